The fourth-order valence-electron chi connectivity index (χ4n) is 0.655. The maximum atomic E-state index is 10.2. The van der Waals surface area contributed by atoms with Crippen molar-refractivity contribution in [2.45, 2.75) is 25.9 Å². The van der Waals surface area contributed by atoms with Crippen LogP contribution in [0.25, 0.3) is 0 Å². The molecular formula is C6H13NO3. The predicted octanol–water partition coefficient (Wildman–Crippen LogP) is 0.243. The summed E-state index contributed by atoms with van der Waals surface area (Å²) < 4.78 is 4.62. The molecule has 0 aliphatic carbocycles. The molecule has 0 saturated carbocycles. The maximum absolute atomic E-state index is 10.2. The first-order valence-corrected chi connectivity index (χ1v) is 3.27. The molecule has 0 fully saturated rings. The Morgan fingerprint density at radius 1 is 1.80 bits per heavy atom. The third-order valence-electron chi connectivity index (χ3n) is 1.19. The largest absolute Gasteiger partial charge is 0.446 e. The highest BCUT2D eigenvalue weighted by Crippen LogP contribution is 2.01. The summed E-state index contributed by atoms with van der Waals surface area (Å²) in [6, 6.07) is 0. The molecule has 0 aromatic carbocycles. The molecule has 0 aliphatic heterocycles. The van der Waals surface area contributed by atoms with E-state index in [2.05, 4.69) is 4.74 Å². The molecule has 4 heteroatoms. The molecular weight excluding hydrogens is 134 g/mol. The van der Waals surface area contributed by atoms with Crippen LogP contribution in [0, 0.1) is 0 Å². The first-order valence-electron chi connectivity index (χ1n) is 3.27. The van der Waals surface area contributed by atoms with E-state index in [9.17, 15) is 4.79 Å². The van der Waals surface area contributed by atoms with Crippen molar-refractivity contribution in [1.29, 1.82) is 0 Å². The Balaban J connectivity index is 3.49. The number of rotatable bonds is 4. The molecule has 3 N–H and O–H groups in total. The lowest BCUT2D eigenvalue weighted by atomic mass is 10.2. The van der Waals surface area contributed by atoms with Gasteiger partial charge in [-0.05, 0) is 6.42 Å². The molecule has 0 heterocycles. The molecule has 4 nitrogen and oxygen atoms in total. The van der Waals surface area contributed by atoms with Crippen LogP contribution in [-0.4, -0.2) is 23.9 Å². The predicted molar refractivity (Wildman–Crippen MR) is 36.5 cm³/mol. The van der Waals surface area contributed by atoms with E-state index in [-0.39, 0.29) is 12.7 Å². The SMILES string of the molecule is CCC(CCO)OC(N)=O. The van der Waals surface area contributed by atoms with Gasteiger partial charge in [-0.2, -0.15) is 0 Å². The lowest BCUT2D eigenvalue weighted by Crippen LogP contribution is -2.22. The molecule has 1 amide bonds. The number of carbonyl (C=O) groups is 1. The van der Waals surface area contributed by atoms with Crippen molar-refractivity contribution in [1.82, 2.24) is 0 Å². The van der Waals surface area contributed by atoms with Gasteiger partial charge < -0.3 is 15.6 Å². The molecule has 0 saturated heterocycles. The van der Waals surface area contributed by atoms with Gasteiger partial charge in [-0.15, -0.1) is 0 Å². The summed E-state index contributed by atoms with van der Waals surface area (Å²) in [6.45, 7) is 1.88. The summed E-state index contributed by atoms with van der Waals surface area (Å²) in [6.07, 6.45) is 0.131. The molecule has 1 atom stereocenters. The molecule has 60 valence electrons. The summed E-state index contributed by atoms with van der Waals surface area (Å²) in [4.78, 5) is 10.2. The highest BCUT2D eigenvalue weighted by Gasteiger charge is 2.07. The fraction of sp³-hybridized carbons (Fsp3) is 0.833. The highest BCUT2D eigenvalue weighted by atomic mass is 16.6. The molecule has 0 aromatic rings. The van der Waals surface area contributed by atoms with Gasteiger partial charge in [0.05, 0.1) is 0 Å². The van der Waals surface area contributed by atoms with E-state index in [0.717, 1.165) is 0 Å². The van der Waals surface area contributed by atoms with Crippen molar-refractivity contribution >= 4 is 6.09 Å². The van der Waals surface area contributed by atoms with Gasteiger partial charge in [0.2, 0.25) is 0 Å². The van der Waals surface area contributed by atoms with E-state index in [0.29, 0.717) is 12.8 Å². The van der Waals surface area contributed by atoms with E-state index in [1.54, 1.807) is 0 Å². The summed E-state index contributed by atoms with van der Waals surface area (Å²) in [5.74, 6) is 0. The van der Waals surface area contributed by atoms with Gasteiger partial charge in [0.15, 0.2) is 0 Å². The van der Waals surface area contributed by atoms with E-state index in [1.165, 1.54) is 0 Å². The second-order valence-electron chi connectivity index (χ2n) is 1.98. The van der Waals surface area contributed by atoms with E-state index in [1.807, 2.05) is 6.92 Å². The molecule has 0 aliphatic rings. The lowest BCUT2D eigenvalue weighted by molar-refractivity contribution is 0.0855. The first-order chi connectivity index (χ1) is 4.70. The van der Waals surface area contributed by atoms with E-state index < -0.39 is 6.09 Å². The number of hydrogen-bond donors (Lipinski definition) is 2. The summed E-state index contributed by atoms with van der Waals surface area (Å²) in [5.41, 5.74) is 4.76. The zero-order chi connectivity index (χ0) is 7.98. The lowest BCUT2D eigenvalue weighted by Gasteiger charge is -2.11. The standard InChI is InChI=1S/C6H13NO3/c1-2-5(3-4-8)10-6(7)9/h5,8H,2-4H2,1H3,(H2,7,9). The van der Waals surface area contributed by atoms with Gasteiger partial charge in [-0.1, -0.05) is 6.92 Å². The second kappa shape index (κ2) is 5.05. The van der Waals surface area contributed by atoms with Gasteiger partial charge in [0.25, 0.3) is 0 Å². The van der Waals surface area contributed by atoms with Gasteiger partial charge >= 0.3 is 6.09 Å². The molecule has 0 spiro atoms. The smallest absolute Gasteiger partial charge is 0.404 e. The third-order valence-corrected chi connectivity index (χ3v) is 1.19. The quantitative estimate of drug-likeness (QED) is 0.598. The Labute approximate surface area is 60.0 Å². The summed E-state index contributed by atoms with van der Waals surface area (Å²) >= 11 is 0. The minimum Gasteiger partial charge on any atom is -0.446 e. The zero-order valence-electron chi connectivity index (χ0n) is 6.04. The Morgan fingerprint density at radius 2 is 2.40 bits per heavy atom. The molecule has 0 aromatic heterocycles. The van der Waals surface area contributed by atoms with Crippen LogP contribution in [-0.2, 0) is 4.74 Å². The Bertz CT molecular complexity index is 105. The zero-order valence-corrected chi connectivity index (χ0v) is 6.04. The van der Waals surface area contributed by atoms with Crippen molar-refractivity contribution in [2.75, 3.05) is 6.61 Å². The number of aliphatic hydroxyl groups is 1. The Morgan fingerprint density at radius 3 is 2.70 bits per heavy atom. The molecule has 0 radical (unpaired) electrons. The van der Waals surface area contributed by atoms with Crippen LogP contribution < -0.4 is 5.73 Å². The number of ether oxygens (including phenoxy) is 1. The Hall–Kier alpha value is -0.770. The maximum Gasteiger partial charge on any atom is 0.404 e. The number of primary amides is 1. The van der Waals surface area contributed by atoms with Crippen LogP contribution in [0.1, 0.15) is 19.8 Å². The molecule has 0 bridgehead atoms. The first kappa shape index (κ1) is 9.23. The van der Waals surface area contributed by atoms with Crippen LogP contribution in [0.3, 0.4) is 0 Å². The normalized spacial score (nSPS) is 12.6. The minimum atomic E-state index is -0.778. The van der Waals surface area contributed by atoms with Crippen molar-refractivity contribution in [3.63, 3.8) is 0 Å². The van der Waals surface area contributed by atoms with Crippen LogP contribution >= 0.6 is 0 Å². The van der Waals surface area contributed by atoms with E-state index in [4.69, 9.17) is 10.8 Å². The second-order valence-corrected chi connectivity index (χ2v) is 1.98. The van der Waals surface area contributed by atoms with Gasteiger partial charge in [0.1, 0.15) is 6.10 Å². The van der Waals surface area contributed by atoms with Gasteiger partial charge in [0, 0.05) is 13.0 Å². The number of amides is 1. The number of hydrogen-bond acceptors (Lipinski definition) is 3. The van der Waals surface area contributed by atoms with Crippen LogP contribution in [0.2, 0.25) is 0 Å². The van der Waals surface area contributed by atoms with Crippen molar-refractivity contribution in [2.24, 2.45) is 5.73 Å². The number of carbonyl (C=O) groups excluding carboxylic acids is 1. The van der Waals surface area contributed by atoms with Crippen LogP contribution in [0.15, 0.2) is 0 Å². The molecule has 0 rings (SSSR count). The fourth-order valence-corrected chi connectivity index (χ4v) is 0.655. The topological polar surface area (TPSA) is 72.6 Å². The number of aliphatic hydroxyl groups excluding tert-OH is 1. The van der Waals surface area contributed by atoms with Gasteiger partial charge in [-0.3, -0.25) is 0 Å². The van der Waals surface area contributed by atoms with Crippen molar-refractivity contribution in [3.05, 3.63) is 0 Å². The molecule has 10 heavy (non-hydrogen) atoms. The van der Waals surface area contributed by atoms with Crippen LogP contribution in [0.5, 0.6) is 0 Å². The average Bonchev–Trinajstić information content (AvgIpc) is 1.86. The summed E-state index contributed by atoms with van der Waals surface area (Å²) in [7, 11) is 0. The van der Waals surface area contributed by atoms with Crippen molar-refractivity contribution < 1.29 is 14.6 Å². The average molecular weight is 147 g/mol. The van der Waals surface area contributed by atoms with Crippen molar-refractivity contribution in [3.8, 4) is 0 Å². The third kappa shape index (κ3) is 4.14. The highest BCUT2D eigenvalue weighted by molar-refractivity contribution is 5.64. The summed E-state index contributed by atoms with van der Waals surface area (Å²) in [5, 5.41) is 8.45. The van der Waals surface area contributed by atoms with Crippen LogP contribution in [0.4, 0.5) is 4.79 Å². The number of nitrogens with two attached hydrogens (primary N) is 1. The van der Waals surface area contributed by atoms with Gasteiger partial charge in [-0.25, -0.2) is 4.79 Å². The monoisotopic (exact) mass is 147 g/mol. The molecule has 1 unspecified atom stereocenters. The van der Waals surface area contributed by atoms with E-state index >= 15 is 0 Å². The Kier molecular flexibility index (Phi) is 4.66. The minimum absolute atomic E-state index is 0.0196.